The molecule has 1 atom stereocenters. The minimum atomic E-state index is -1.09. The average molecular weight is 238 g/mol. The van der Waals surface area contributed by atoms with E-state index in [1.54, 1.807) is 9.58 Å². The molecule has 1 N–H and O–H groups in total. The van der Waals surface area contributed by atoms with Crippen molar-refractivity contribution in [2.45, 2.75) is 25.8 Å². The fraction of sp³-hybridized carbons (Fsp3) is 0.600. The van der Waals surface area contributed by atoms with Crippen molar-refractivity contribution in [3.8, 4) is 0 Å². The van der Waals surface area contributed by atoms with E-state index in [0.29, 0.717) is 6.54 Å². The first-order chi connectivity index (χ1) is 8.08. The summed E-state index contributed by atoms with van der Waals surface area (Å²) in [7, 11) is 0. The van der Waals surface area contributed by atoms with E-state index in [4.69, 9.17) is 5.11 Å². The molecular weight excluding hydrogens is 224 g/mol. The van der Waals surface area contributed by atoms with E-state index < -0.39 is 5.97 Å². The maximum Gasteiger partial charge on any atom is 0.358 e. The maximum absolute atomic E-state index is 11.3. The molecule has 7 heteroatoms. The number of aromatic nitrogens is 3. The van der Waals surface area contributed by atoms with Crippen molar-refractivity contribution in [3.63, 3.8) is 0 Å². The van der Waals surface area contributed by atoms with Gasteiger partial charge in [0.2, 0.25) is 5.91 Å². The van der Waals surface area contributed by atoms with Crippen LogP contribution in [0.1, 0.15) is 36.3 Å². The standard InChI is InChI=1S/C10H14N4O3/c1-7(15)13-4-2-3-8(5-13)14-6-9(10(16)17)11-12-14/h6,8H,2-5H2,1H3,(H,16,17). The summed E-state index contributed by atoms with van der Waals surface area (Å²) >= 11 is 0. The third kappa shape index (κ3) is 2.43. The summed E-state index contributed by atoms with van der Waals surface area (Å²) in [6.45, 7) is 2.86. The van der Waals surface area contributed by atoms with Gasteiger partial charge in [-0.05, 0) is 12.8 Å². The van der Waals surface area contributed by atoms with Crippen LogP contribution in [0, 0.1) is 0 Å². The number of aromatic carboxylic acids is 1. The van der Waals surface area contributed by atoms with E-state index in [0.717, 1.165) is 19.4 Å². The number of piperidine rings is 1. The second-order valence-electron chi connectivity index (χ2n) is 4.15. The summed E-state index contributed by atoms with van der Waals surface area (Å²) in [5, 5.41) is 16.1. The van der Waals surface area contributed by atoms with Gasteiger partial charge in [-0.2, -0.15) is 0 Å². The van der Waals surface area contributed by atoms with Crippen LogP contribution in [-0.4, -0.2) is 50.0 Å². The highest BCUT2D eigenvalue weighted by molar-refractivity contribution is 5.84. The van der Waals surface area contributed by atoms with Gasteiger partial charge in [-0.25, -0.2) is 9.48 Å². The minimum absolute atomic E-state index is 0.0215. The fourth-order valence-electron chi connectivity index (χ4n) is 2.01. The van der Waals surface area contributed by atoms with E-state index in [9.17, 15) is 9.59 Å². The van der Waals surface area contributed by atoms with Crippen LogP contribution in [0.4, 0.5) is 0 Å². The minimum Gasteiger partial charge on any atom is -0.476 e. The number of hydrogen-bond acceptors (Lipinski definition) is 4. The molecule has 0 aromatic carbocycles. The maximum atomic E-state index is 11.3. The third-order valence-corrected chi connectivity index (χ3v) is 2.95. The van der Waals surface area contributed by atoms with Gasteiger partial charge in [-0.3, -0.25) is 4.79 Å². The quantitative estimate of drug-likeness (QED) is 0.792. The number of amides is 1. The summed E-state index contributed by atoms with van der Waals surface area (Å²) in [6, 6.07) is 0.0215. The van der Waals surface area contributed by atoms with Crippen LogP contribution >= 0.6 is 0 Å². The first-order valence-corrected chi connectivity index (χ1v) is 5.48. The van der Waals surface area contributed by atoms with Gasteiger partial charge in [0.25, 0.3) is 0 Å². The molecule has 2 heterocycles. The lowest BCUT2D eigenvalue weighted by Crippen LogP contribution is -2.39. The van der Waals surface area contributed by atoms with Gasteiger partial charge in [-0.15, -0.1) is 5.10 Å². The Bertz CT molecular complexity index is 443. The lowest BCUT2D eigenvalue weighted by Gasteiger charge is -2.31. The topological polar surface area (TPSA) is 88.3 Å². The molecular formula is C10H14N4O3. The van der Waals surface area contributed by atoms with Gasteiger partial charge in [0.15, 0.2) is 5.69 Å². The number of likely N-dealkylation sites (tertiary alicyclic amines) is 1. The van der Waals surface area contributed by atoms with Crippen molar-refractivity contribution in [3.05, 3.63) is 11.9 Å². The van der Waals surface area contributed by atoms with Crippen LogP contribution in [0.15, 0.2) is 6.20 Å². The molecule has 0 spiro atoms. The number of carbonyl (C=O) groups is 2. The molecule has 1 amide bonds. The zero-order valence-electron chi connectivity index (χ0n) is 9.54. The lowest BCUT2D eigenvalue weighted by molar-refractivity contribution is -0.130. The molecule has 17 heavy (non-hydrogen) atoms. The van der Waals surface area contributed by atoms with Gasteiger partial charge in [0.05, 0.1) is 12.2 Å². The molecule has 2 rings (SSSR count). The van der Waals surface area contributed by atoms with Crippen molar-refractivity contribution in [1.82, 2.24) is 19.9 Å². The van der Waals surface area contributed by atoms with Crippen molar-refractivity contribution in [2.75, 3.05) is 13.1 Å². The van der Waals surface area contributed by atoms with Gasteiger partial charge >= 0.3 is 5.97 Å². The molecule has 1 unspecified atom stereocenters. The van der Waals surface area contributed by atoms with Gasteiger partial charge in [0.1, 0.15) is 0 Å². The third-order valence-electron chi connectivity index (χ3n) is 2.95. The van der Waals surface area contributed by atoms with Crippen LogP contribution < -0.4 is 0 Å². The number of carbonyl (C=O) groups excluding carboxylic acids is 1. The highest BCUT2D eigenvalue weighted by atomic mass is 16.4. The summed E-state index contributed by atoms with van der Waals surface area (Å²) < 4.78 is 1.54. The highest BCUT2D eigenvalue weighted by Gasteiger charge is 2.24. The number of carboxylic acid groups (broad SMARTS) is 1. The number of rotatable bonds is 2. The van der Waals surface area contributed by atoms with Crippen LogP contribution in [0.5, 0.6) is 0 Å². The molecule has 0 aliphatic carbocycles. The van der Waals surface area contributed by atoms with E-state index in [1.807, 2.05) is 0 Å². The molecule has 1 aromatic heterocycles. The van der Waals surface area contributed by atoms with E-state index in [1.165, 1.54) is 13.1 Å². The Morgan fingerprint density at radius 2 is 2.29 bits per heavy atom. The molecule has 1 aliphatic heterocycles. The highest BCUT2D eigenvalue weighted by Crippen LogP contribution is 2.20. The second-order valence-corrected chi connectivity index (χ2v) is 4.15. The van der Waals surface area contributed by atoms with Crippen molar-refractivity contribution < 1.29 is 14.7 Å². The van der Waals surface area contributed by atoms with Crippen molar-refractivity contribution >= 4 is 11.9 Å². The Hall–Kier alpha value is -1.92. The Morgan fingerprint density at radius 1 is 1.53 bits per heavy atom. The SMILES string of the molecule is CC(=O)N1CCCC(n2cc(C(=O)O)nn2)C1. The Morgan fingerprint density at radius 3 is 2.88 bits per heavy atom. The molecule has 1 saturated heterocycles. The molecule has 0 saturated carbocycles. The Labute approximate surface area is 98.0 Å². The monoisotopic (exact) mass is 238 g/mol. The van der Waals surface area contributed by atoms with Gasteiger partial charge in [-0.1, -0.05) is 5.21 Å². The van der Waals surface area contributed by atoms with Crippen LogP contribution in [0.25, 0.3) is 0 Å². The normalized spacial score (nSPS) is 20.3. The first-order valence-electron chi connectivity index (χ1n) is 5.48. The second kappa shape index (κ2) is 4.52. The Balaban J connectivity index is 2.10. The zero-order chi connectivity index (χ0) is 12.4. The Kier molecular flexibility index (Phi) is 3.08. The van der Waals surface area contributed by atoms with Gasteiger partial charge < -0.3 is 10.0 Å². The molecule has 1 aliphatic rings. The number of carboxylic acids is 1. The summed E-state index contributed by atoms with van der Waals surface area (Å²) in [6.07, 6.45) is 3.19. The van der Waals surface area contributed by atoms with Crippen LogP contribution in [0.2, 0.25) is 0 Å². The number of hydrogen-bond donors (Lipinski definition) is 1. The van der Waals surface area contributed by atoms with Crippen molar-refractivity contribution in [2.24, 2.45) is 0 Å². The van der Waals surface area contributed by atoms with Crippen molar-refractivity contribution in [1.29, 1.82) is 0 Å². The summed E-state index contributed by atoms with van der Waals surface area (Å²) in [5.74, 6) is -1.05. The lowest BCUT2D eigenvalue weighted by atomic mass is 10.1. The van der Waals surface area contributed by atoms with Crippen LogP contribution in [-0.2, 0) is 4.79 Å². The molecule has 1 fully saturated rings. The molecule has 0 bridgehead atoms. The predicted molar refractivity (Wildman–Crippen MR) is 57.5 cm³/mol. The van der Waals surface area contributed by atoms with Gasteiger partial charge in [0, 0.05) is 20.0 Å². The molecule has 92 valence electrons. The zero-order valence-corrected chi connectivity index (χ0v) is 9.54. The van der Waals surface area contributed by atoms with E-state index in [-0.39, 0.29) is 17.6 Å². The summed E-state index contributed by atoms with van der Waals surface area (Å²) in [4.78, 5) is 23.7. The summed E-state index contributed by atoms with van der Waals surface area (Å²) in [5.41, 5.74) is -0.0649. The number of nitrogens with zero attached hydrogens (tertiary/aromatic N) is 4. The van der Waals surface area contributed by atoms with E-state index >= 15 is 0 Å². The average Bonchev–Trinajstić information content (AvgIpc) is 2.78. The molecule has 1 aromatic rings. The smallest absolute Gasteiger partial charge is 0.358 e. The molecule has 0 radical (unpaired) electrons. The molecule has 7 nitrogen and oxygen atoms in total. The predicted octanol–water partition coefficient (Wildman–Crippen LogP) is 0.160. The van der Waals surface area contributed by atoms with E-state index in [2.05, 4.69) is 10.3 Å². The fourth-order valence-corrected chi connectivity index (χ4v) is 2.01. The first kappa shape index (κ1) is 11.6. The van der Waals surface area contributed by atoms with Crippen LogP contribution in [0.3, 0.4) is 0 Å². The largest absolute Gasteiger partial charge is 0.476 e.